The Morgan fingerprint density at radius 2 is 0.460 bits per heavy atom. The molecule has 0 bridgehead atoms. The van der Waals surface area contributed by atoms with Crippen molar-refractivity contribution in [3.63, 3.8) is 0 Å². The van der Waals surface area contributed by atoms with E-state index in [1.165, 1.54) is 73.3 Å². The van der Waals surface area contributed by atoms with E-state index in [9.17, 15) is 0 Å². The molecule has 17 rings (SSSR count). The summed E-state index contributed by atoms with van der Waals surface area (Å²) in [6.45, 7) is 21.7. The summed E-state index contributed by atoms with van der Waals surface area (Å²) in [6, 6.07) is 79.8. The van der Waals surface area contributed by atoms with E-state index in [0.29, 0.717) is 0 Å². The van der Waals surface area contributed by atoms with Crippen LogP contribution in [0, 0.1) is 34.6 Å². The van der Waals surface area contributed by atoms with Crippen LogP contribution < -0.4 is 49.0 Å². The van der Waals surface area contributed by atoms with Crippen LogP contribution in [0.3, 0.4) is 0 Å². The molecule has 0 spiro atoms. The Balaban J connectivity index is 0.000000113. The van der Waals surface area contributed by atoms with Crippen LogP contribution in [0.1, 0.15) is 62.4 Å². The number of para-hydroxylation sites is 7. The second-order valence-electron chi connectivity index (χ2n) is 25.8. The van der Waals surface area contributed by atoms with Gasteiger partial charge in [0, 0.05) is 98.1 Å². The summed E-state index contributed by atoms with van der Waals surface area (Å²) in [5.41, 5.74) is 19.5. The van der Waals surface area contributed by atoms with Gasteiger partial charge in [-0.05, 0) is 200 Å². The molecule has 5 unspecified atom stereocenters. The number of fused-ring (bicyclic) bond motifs is 5. The Bertz CT molecular complexity index is 4390. The molecular formula is C84H88N16. The molecular weight excluding hydrogens is 1230 g/mol. The summed E-state index contributed by atoms with van der Waals surface area (Å²) in [7, 11) is 6.26. The Kier molecular flexibility index (Phi) is 19.5. The number of rotatable bonds is 7. The molecule has 7 aromatic carbocycles. The van der Waals surface area contributed by atoms with Crippen molar-refractivity contribution in [2.45, 2.75) is 100 Å². The predicted molar refractivity (Wildman–Crippen MR) is 415 cm³/mol. The fourth-order valence-electron chi connectivity index (χ4n) is 14.2. The number of hydrogen-bond donors (Lipinski definition) is 0. The normalized spacial score (nSPS) is 17.4. The standard InChI is InChI=1S/2C20H19N3.2C15H17N3.C14H16N4/c1-15-9-6-7-12-18(15)23-16(2)22(17-10-4-3-5-11-17)20-19(23)13-8-14-21-20;1-15-9-6-7-12-18(15)23-16(2)22(17-10-4-3-5-11-17)19-13-8-14-21-20(19)23;1-11-7-4-5-8-13(11)18-12(2)17(3)15-14(18)9-6-10-16-15;1-11-7-4-5-8-13(11)18-12(2)17(3)14-9-6-10-16-15(14)18;1-10-6-4-5-7-12(10)18-11(2)17(3)13-14(18)16-9-8-15-13/h2*3-14,16H,1-2H3;2*4-10,12H,1-3H3;4-9,11H,1-3H3. The number of benzene rings is 7. The zero-order chi connectivity index (χ0) is 69.7. The van der Waals surface area contributed by atoms with Gasteiger partial charge in [0.1, 0.15) is 30.8 Å². The van der Waals surface area contributed by atoms with E-state index in [2.05, 4.69) is 363 Å². The monoisotopic (exact) mass is 1320 g/mol. The smallest absolute Gasteiger partial charge is 0.178 e. The van der Waals surface area contributed by atoms with Gasteiger partial charge in [0.05, 0.1) is 22.7 Å². The maximum Gasteiger partial charge on any atom is 0.178 e. The van der Waals surface area contributed by atoms with E-state index in [-0.39, 0.29) is 30.8 Å². The topological polar surface area (TPSA) is 110 Å². The third kappa shape index (κ3) is 12.7. The first kappa shape index (κ1) is 66.8. The van der Waals surface area contributed by atoms with Crippen LogP contribution in [-0.4, -0.2) is 81.9 Å². The Morgan fingerprint density at radius 3 is 0.910 bits per heavy atom. The predicted octanol–water partition coefficient (Wildman–Crippen LogP) is 19.4. The zero-order valence-corrected chi connectivity index (χ0v) is 59.4. The van der Waals surface area contributed by atoms with E-state index in [1.807, 2.05) is 61.2 Å². The van der Waals surface area contributed by atoms with Gasteiger partial charge in [-0.15, -0.1) is 0 Å². The highest BCUT2D eigenvalue weighted by Gasteiger charge is 2.40. The molecule has 5 aromatic heterocycles. The van der Waals surface area contributed by atoms with Gasteiger partial charge in [-0.2, -0.15) is 0 Å². The SMILES string of the molecule is Cc1ccccc1N1c2cccnc2N(C)C1C.Cc1ccccc1N1c2cccnc2N(c2ccccc2)C1C.Cc1ccccc1N1c2ncccc2N(C)C1C.Cc1ccccc1N1c2ncccc2N(c2ccccc2)C1C.Cc1ccccc1N1c2nccnc2N(C)C1C. The van der Waals surface area contributed by atoms with Gasteiger partial charge in [-0.1, -0.05) is 127 Å². The Labute approximate surface area is 590 Å². The summed E-state index contributed by atoms with van der Waals surface area (Å²) in [5, 5.41) is 0. The molecule has 5 aliphatic heterocycles. The van der Waals surface area contributed by atoms with Gasteiger partial charge < -0.3 is 49.0 Å². The minimum absolute atomic E-state index is 0.170. The lowest BCUT2D eigenvalue weighted by Gasteiger charge is -2.30. The van der Waals surface area contributed by atoms with Gasteiger partial charge >= 0.3 is 0 Å². The van der Waals surface area contributed by atoms with Gasteiger partial charge in [0.15, 0.2) is 34.9 Å². The van der Waals surface area contributed by atoms with Crippen molar-refractivity contribution < 1.29 is 0 Å². The largest absolute Gasteiger partial charge is 0.351 e. The van der Waals surface area contributed by atoms with Crippen LogP contribution in [0.5, 0.6) is 0 Å². The number of aromatic nitrogens is 6. The van der Waals surface area contributed by atoms with Gasteiger partial charge in [0.2, 0.25) is 0 Å². The third-order valence-electron chi connectivity index (χ3n) is 19.7. The summed E-state index contributed by atoms with van der Waals surface area (Å²) in [6.07, 6.45) is 12.1. The lowest BCUT2D eigenvalue weighted by molar-refractivity contribution is 0.726. The van der Waals surface area contributed by atoms with Gasteiger partial charge in [-0.25, -0.2) is 29.9 Å². The molecule has 5 aliphatic rings. The zero-order valence-electron chi connectivity index (χ0n) is 59.4. The molecule has 0 saturated carbocycles. The van der Waals surface area contributed by atoms with Crippen LogP contribution in [0.15, 0.2) is 268 Å². The highest BCUT2D eigenvalue weighted by Crippen LogP contribution is 2.50. The first-order valence-corrected chi connectivity index (χ1v) is 34.4. The van der Waals surface area contributed by atoms with Crippen molar-refractivity contribution in [2.24, 2.45) is 0 Å². The minimum atomic E-state index is 0.170. The molecule has 0 aliphatic carbocycles. The van der Waals surface area contributed by atoms with Crippen molar-refractivity contribution >= 4 is 97.5 Å². The second kappa shape index (κ2) is 29.1. The highest BCUT2D eigenvalue weighted by atomic mass is 15.5. The first-order valence-electron chi connectivity index (χ1n) is 34.4. The number of nitrogens with zero attached hydrogens (tertiary/aromatic N) is 16. The molecule has 16 nitrogen and oxygen atoms in total. The fraction of sp³-hybridized carbons (Fsp3) is 0.214. The average Bonchev–Trinajstić information content (AvgIpc) is 1.59. The van der Waals surface area contributed by atoms with Crippen LogP contribution in [0.25, 0.3) is 0 Å². The quantitative estimate of drug-likeness (QED) is 0.151. The van der Waals surface area contributed by atoms with Crippen LogP contribution >= 0.6 is 0 Å². The molecule has 10 heterocycles. The lowest BCUT2D eigenvalue weighted by atomic mass is 10.1. The molecule has 0 fully saturated rings. The van der Waals surface area contributed by atoms with Gasteiger partial charge in [-0.3, -0.25) is 0 Å². The molecule has 0 N–H and O–H groups in total. The van der Waals surface area contributed by atoms with E-state index in [0.717, 1.165) is 52.0 Å². The Hall–Kier alpha value is -11.8. The van der Waals surface area contributed by atoms with Crippen molar-refractivity contribution in [1.29, 1.82) is 0 Å². The third-order valence-corrected chi connectivity index (χ3v) is 19.7. The number of hydrogen-bond acceptors (Lipinski definition) is 16. The summed E-state index contributed by atoms with van der Waals surface area (Å²) in [4.78, 5) is 50.1. The number of pyridine rings is 4. The van der Waals surface area contributed by atoms with E-state index < -0.39 is 0 Å². The first-order chi connectivity index (χ1) is 48.6. The van der Waals surface area contributed by atoms with Crippen LogP contribution in [-0.2, 0) is 0 Å². The Morgan fingerprint density at radius 1 is 0.200 bits per heavy atom. The second-order valence-corrected chi connectivity index (χ2v) is 25.8. The van der Waals surface area contributed by atoms with Crippen molar-refractivity contribution in [3.8, 4) is 0 Å². The fourth-order valence-corrected chi connectivity index (χ4v) is 14.2. The molecule has 0 saturated heterocycles. The van der Waals surface area contributed by atoms with E-state index in [1.54, 1.807) is 12.4 Å². The summed E-state index contributed by atoms with van der Waals surface area (Å²) < 4.78 is 0. The van der Waals surface area contributed by atoms with Crippen molar-refractivity contribution in [3.05, 3.63) is 296 Å². The maximum atomic E-state index is 4.67. The van der Waals surface area contributed by atoms with Gasteiger partial charge in [0.25, 0.3) is 0 Å². The van der Waals surface area contributed by atoms with Crippen LogP contribution in [0.2, 0.25) is 0 Å². The highest BCUT2D eigenvalue weighted by molar-refractivity contribution is 5.89. The molecule has 16 heteroatoms. The van der Waals surface area contributed by atoms with Crippen molar-refractivity contribution in [1.82, 2.24) is 29.9 Å². The lowest BCUT2D eigenvalue weighted by Crippen LogP contribution is -2.36. The maximum absolute atomic E-state index is 4.67. The molecule has 504 valence electrons. The minimum Gasteiger partial charge on any atom is -0.351 e. The molecule has 5 atom stereocenters. The molecule has 100 heavy (non-hydrogen) atoms. The summed E-state index contributed by atoms with van der Waals surface area (Å²) in [5.74, 6) is 5.98. The molecule has 0 amide bonds. The van der Waals surface area contributed by atoms with E-state index >= 15 is 0 Å². The molecule has 0 radical (unpaired) electrons. The van der Waals surface area contributed by atoms with E-state index in [4.69, 9.17) is 0 Å². The summed E-state index contributed by atoms with van der Waals surface area (Å²) >= 11 is 0. The number of aryl methyl sites for hydroxylation is 5. The van der Waals surface area contributed by atoms with Crippen LogP contribution in [0.4, 0.5) is 97.5 Å². The average molecular weight is 1320 g/mol. The number of anilines is 17. The molecule has 12 aromatic rings. The van der Waals surface area contributed by atoms with Crippen molar-refractivity contribution in [2.75, 3.05) is 70.1 Å².